The lowest BCUT2D eigenvalue weighted by atomic mass is 9.70. The van der Waals surface area contributed by atoms with Crippen LogP contribution in [-0.2, 0) is 17.5 Å². The first kappa shape index (κ1) is 34.1. The van der Waals surface area contributed by atoms with E-state index in [-0.39, 0.29) is 34.5 Å². The second-order valence-corrected chi connectivity index (χ2v) is 12.8. The summed E-state index contributed by atoms with van der Waals surface area (Å²) in [6.45, 7) is 6.06. The van der Waals surface area contributed by atoms with E-state index in [0.717, 1.165) is 30.8 Å². The predicted octanol–water partition coefficient (Wildman–Crippen LogP) is 8.83. The summed E-state index contributed by atoms with van der Waals surface area (Å²) in [6, 6.07) is 11.4. The van der Waals surface area contributed by atoms with E-state index in [1.165, 1.54) is 24.3 Å². The number of aromatic nitrogens is 3. The molecule has 1 amide bonds. The monoisotopic (exact) mass is 683 g/mol. The minimum absolute atomic E-state index is 0.0720. The Balaban J connectivity index is 1.32. The van der Waals surface area contributed by atoms with Gasteiger partial charge in [-0.15, -0.1) is 13.2 Å². The molecule has 2 N–H and O–H groups in total. The molecule has 15 heteroatoms. The highest BCUT2D eigenvalue weighted by molar-refractivity contribution is 6.31. The lowest BCUT2D eigenvalue weighted by Crippen LogP contribution is -2.29. The fourth-order valence-electron chi connectivity index (χ4n) is 6.12. The molecule has 0 radical (unpaired) electrons. The van der Waals surface area contributed by atoms with Crippen LogP contribution in [0, 0.1) is 11.3 Å². The van der Waals surface area contributed by atoms with Gasteiger partial charge in [0.05, 0.1) is 33.9 Å². The van der Waals surface area contributed by atoms with Crippen molar-refractivity contribution in [2.75, 3.05) is 11.9 Å². The maximum atomic E-state index is 12.9. The zero-order valence-electron chi connectivity index (χ0n) is 25.6. The largest absolute Gasteiger partial charge is 0.573 e. The minimum Gasteiger partial charge on any atom is -0.484 e. The highest BCUT2D eigenvalue weighted by Crippen LogP contribution is 2.46. The van der Waals surface area contributed by atoms with Gasteiger partial charge in [0.15, 0.2) is 6.61 Å². The third kappa shape index (κ3) is 8.79. The van der Waals surface area contributed by atoms with Crippen molar-refractivity contribution in [2.24, 2.45) is 11.3 Å². The molecule has 5 rings (SSSR count). The van der Waals surface area contributed by atoms with Gasteiger partial charge in [-0.2, -0.15) is 13.2 Å². The summed E-state index contributed by atoms with van der Waals surface area (Å²) in [7, 11) is 0. The minimum atomic E-state index is -4.80. The topological polar surface area (TPSA) is 90.3 Å². The smallest absolute Gasteiger partial charge is 0.484 e. The first-order chi connectivity index (χ1) is 22.0. The zero-order valence-corrected chi connectivity index (χ0v) is 26.4. The molecule has 0 bridgehead atoms. The van der Waals surface area contributed by atoms with E-state index in [9.17, 15) is 31.1 Å². The number of amides is 1. The molecule has 2 aromatic heterocycles. The average Bonchev–Trinajstić information content (AvgIpc) is 3.31. The number of imidazole rings is 1. The van der Waals surface area contributed by atoms with E-state index < -0.39 is 30.6 Å². The summed E-state index contributed by atoms with van der Waals surface area (Å²) in [5.74, 6) is 0.397. The van der Waals surface area contributed by atoms with Gasteiger partial charge in [-0.3, -0.25) is 9.78 Å². The normalized spacial score (nSPS) is 18.2. The van der Waals surface area contributed by atoms with Crippen LogP contribution in [0.15, 0.2) is 54.7 Å². The number of fused-ring (bicyclic) bond motifs is 1. The summed E-state index contributed by atoms with van der Waals surface area (Å²) >= 11 is 5.92. The number of nitrogens with zero attached hydrogens (tertiary/aromatic N) is 3. The van der Waals surface area contributed by atoms with Gasteiger partial charge in [0, 0.05) is 24.0 Å². The predicted molar refractivity (Wildman–Crippen MR) is 164 cm³/mol. The van der Waals surface area contributed by atoms with Crippen LogP contribution in [0.1, 0.15) is 57.3 Å². The van der Waals surface area contributed by atoms with E-state index in [4.69, 9.17) is 21.3 Å². The van der Waals surface area contributed by atoms with Crippen LogP contribution < -0.4 is 20.1 Å². The highest BCUT2D eigenvalue weighted by atomic mass is 35.5. The maximum Gasteiger partial charge on any atom is 0.573 e. The first-order valence-corrected chi connectivity index (χ1v) is 15.1. The van der Waals surface area contributed by atoms with Crippen LogP contribution in [-0.4, -0.2) is 33.4 Å². The number of rotatable bonds is 9. The molecular formula is C32H32ClF6N5O3. The molecule has 2 aromatic carbocycles. The van der Waals surface area contributed by atoms with Gasteiger partial charge >= 0.3 is 12.5 Å². The Morgan fingerprint density at radius 1 is 1.04 bits per heavy atom. The van der Waals surface area contributed by atoms with Gasteiger partial charge in [-0.05, 0) is 73.1 Å². The van der Waals surface area contributed by atoms with Crippen molar-refractivity contribution in [1.82, 2.24) is 19.9 Å². The molecule has 2 atom stereocenters. The molecule has 0 unspecified atom stereocenters. The lowest BCUT2D eigenvalue weighted by molar-refractivity contribution is -0.274. The fraction of sp³-hybridized carbons (Fsp3) is 0.406. The van der Waals surface area contributed by atoms with Crippen molar-refractivity contribution >= 4 is 40.2 Å². The number of benzene rings is 2. The quantitative estimate of drug-likeness (QED) is 0.171. The Morgan fingerprint density at radius 2 is 1.74 bits per heavy atom. The maximum absolute atomic E-state index is 12.9. The number of alkyl halides is 6. The lowest BCUT2D eigenvalue weighted by Gasteiger charge is -2.40. The molecule has 1 saturated carbocycles. The Labute approximate surface area is 271 Å². The van der Waals surface area contributed by atoms with Crippen LogP contribution >= 0.6 is 11.6 Å². The van der Waals surface area contributed by atoms with Crippen LogP contribution in [0.2, 0.25) is 5.02 Å². The second kappa shape index (κ2) is 13.1. The summed E-state index contributed by atoms with van der Waals surface area (Å²) in [4.78, 5) is 21.0. The van der Waals surface area contributed by atoms with Gasteiger partial charge in [-0.25, -0.2) is 4.98 Å². The number of ether oxygens (including phenoxy) is 2. The molecule has 0 spiro atoms. The number of pyridine rings is 1. The number of hydrogen-bond acceptors (Lipinski definition) is 6. The summed E-state index contributed by atoms with van der Waals surface area (Å²) in [6.07, 6.45) is -5.89. The van der Waals surface area contributed by atoms with Crippen molar-refractivity contribution in [3.63, 3.8) is 0 Å². The van der Waals surface area contributed by atoms with Gasteiger partial charge < -0.3 is 24.7 Å². The number of anilines is 2. The molecule has 2 heterocycles. The Bertz CT molecular complexity index is 1740. The molecule has 1 fully saturated rings. The molecule has 252 valence electrons. The highest BCUT2D eigenvalue weighted by Gasteiger charge is 2.35. The van der Waals surface area contributed by atoms with Crippen molar-refractivity contribution in [3.05, 3.63) is 71.0 Å². The Kier molecular flexibility index (Phi) is 9.54. The second-order valence-electron chi connectivity index (χ2n) is 12.4. The molecule has 0 aliphatic heterocycles. The van der Waals surface area contributed by atoms with Gasteiger partial charge in [-0.1, -0.05) is 32.4 Å². The van der Waals surface area contributed by atoms with E-state index in [1.807, 2.05) is 6.07 Å². The number of hydrogen-bond donors (Lipinski definition) is 2. The number of halogens is 7. The van der Waals surface area contributed by atoms with Crippen LogP contribution in [0.25, 0.3) is 11.0 Å². The van der Waals surface area contributed by atoms with E-state index >= 15 is 0 Å². The average molecular weight is 684 g/mol. The zero-order chi connectivity index (χ0) is 34.1. The van der Waals surface area contributed by atoms with Crippen LogP contribution in [0.3, 0.4) is 0 Å². The van der Waals surface area contributed by atoms with Gasteiger partial charge in [0.1, 0.15) is 11.5 Å². The summed E-state index contributed by atoms with van der Waals surface area (Å²) < 4.78 is 88.3. The summed E-state index contributed by atoms with van der Waals surface area (Å²) in [5, 5.41) is 5.54. The molecule has 1 aliphatic carbocycles. The molecule has 0 saturated heterocycles. The Morgan fingerprint density at radius 3 is 2.38 bits per heavy atom. The van der Waals surface area contributed by atoms with Crippen molar-refractivity contribution in [3.8, 4) is 11.5 Å². The molecule has 4 aromatic rings. The van der Waals surface area contributed by atoms with E-state index in [2.05, 4.69) is 45.7 Å². The number of carbonyl (C=O) groups is 1. The number of carbonyl (C=O) groups excluding carboxylic acids is 1. The van der Waals surface area contributed by atoms with Gasteiger partial charge in [0.2, 0.25) is 5.95 Å². The van der Waals surface area contributed by atoms with Gasteiger partial charge in [0.25, 0.3) is 5.91 Å². The van der Waals surface area contributed by atoms with E-state index in [1.54, 1.807) is 12.1 Å². The standard InChI is InChI=1S/C32H32ClF6N5O3/c1-18-10-21(14-30(2,3)13-18)44-27-9-8-23(46-17-28(45)41-16-26-24(33)11-19(15-40-26)31(34,35)36)12-25(27)43-29(44)42-20-4-6-22(7-5-20)47-32(37,38)39/h4-9,11-12,15,18,21H,10,13-14,16-17H2,1-3H3,(H,41,45)(H,42,43)/t18-,21-/m0/s1. The van der Waals surface area contributed by atoms with Crippen LogP contribution in [0.4, 0.5) is 38.0 Å². The number of nitrogens with one attached hydrogen (secondary N) is 2. The molecular weight excluding hydrogens is 652 g/mol. The van der Waals surface area contributed by atoms with Crippen LogP contribution in [0.5, 0.6) is 11.5 Å². The SMILES string of the molecule is C[C@H]1C[C@H](n2c(Nc3ccc(OC(F)(F)F)cc3)nc3cc(OCC(=O)NCc4ncc(C(F)(F)F)cc4Cl)ccc32)CC(C)(C)C1. The van der Waals surface area contributed by atoms with E-state index in [0.29, 0.717) is 35.0 Å². The van der Waals surface area contributed by atoms with Crippen molar-refractivity contribution in [2.45, 2.75) is 65.2 Å². The first-order valence-electron chi connectivity index (χ1n) is 14.7. The Hall–Kier alpha value is -4.20. The molecule has 8 nitrogen and oxygen atoms in total. The molecule has 1 aliphatic rings. The van der Waals surface area contributed by atoms with Crippen molar-refractivity contribution in [1.29, 1.82) is 0 Å². The third-order valence-corrected chi connectivity index (χ3v) is 8.13. The fourth-order valence-corrected chi connectivity index (χ4v) is 6.35. The summed E-state index contributed by atoms with van der Waals surface area (Å²) in [5.41, 5.74) is 1.03. The van der Waals surface area contributed by atoms with Crippen molar-refractivity contribution < 1.29 is 40.6 Å². The third-order valence-electron chi connectivity index (χ3n) is 7.80. The molecule has 47 heavy (non-hydrogen) atoms.